The third kappa shape index (κ3) is 6.10. The van der Waals surface area contributed by atoms with E-state index in [9.17, 15) is 19.5 Å². The van der Waals surface area contributed by atoms with Crippen LogP contribution in [0.2, 0.25) is 0 Å². The number of hydrogen-bond acceptors (Lipinski definition) is 10. The zero-order valence-electron chi connectivity index (χ0n) is 9.77. The molecule has 0 heterocycles. The summed E-state index contributed by atoms with van der Waals surface area (Å²) in [6, 6.07) is 0. The van der Waals surface area contributed by atoms with Crippen LogP contribution in [-0.2, 0) is 28.6 Å². The van der Waals surface area contributed by atoms with E-state index in [0.717, 1.165) is 0 Å². The first kappa shape index (κ1) is 17.2. The van der Waals surface area contributed by atoms with Gasteiger partial charge in [-0.3, -0.25) is 9.59 Å². The molecule has 0 spiro atoms. The van der Waals surface area contributed by atoms with E-state index in [2.05, 4.69) is 14.2 Å². The molecular weight excluding hydrogens is 268 g/mol. The predicted octanol–water partition coefficient (Wildman–Crippen LogP) is -3.02. The van der Waals surface area contributed by atoms with Crippen molar-refractivity contribution >= 4 is 17.9 Å². The molecule has 4 N–H and O–H groups in total. The van der Waals surface area contributed by atoms with Crippen molar-refractivity contribution in [1.29, 1.82) is 0 Å². The van der Waals surface area contributed by atoms with Gasteiger partial charge in [-0.2, -0.15) is 0 Å². The summed E-state index contributed by atoms with van der Waals surface area (Å²) >= 11 is 0. The first-order valence-corrected chi connectivity index (χ1v) is 4.93. The Morgan fingerprint density at radius 2 is 1.16 bits per heavy atom. The van der Waals surface area contributed by atoms with E-state index in [1.54, 1.807) is 0 Å². The maximum Gasteiger partial charge on any atom is 0.341 e. The lowest BCUT2D eigenvalue weighted by Gasteiger charge is -2.23. The van der Waals surface area contributed by atoms with Gasteiger partial charge in [0.25, 0.3) is 0 Å². The van der Waals surface area contributed by atoms with Crippen LogP contribution in [-0.4, -0.2) is 64.3 Å². The smallest absolute Gasteiger partial charge is 0.341 e. The molecule has 19 heavy (non-hydrogen) atoms. The van der Waals surface area contributed by atoms with Gasteiger partial charge in [0.2, 0.25) is 0 Å². The summed E-state index contributed by atoms with van der Waals surface area (Å²) in [7, 11) is 0. The van der Waals surface area contributed by atoms with Gasteiger partial charge in [-0.05, 0) is 0 Å². The van der Waals surface area contributed by atoms with Crippen molar-refractivity contribution in [1.82, 2.24) is 0 Å². The van der Waals surface area contributed by atoms with Crippen LogP contribution in [0.1, 0.15) is 12.8 Å². The number of aliphatic hydroxyl groups is 4. The topological polar surface area (TPSA) is 160 Å². The molecule has 10 heteroatoms. The van der Waals surface area contributed by atoms with Crippen LogP contribution in [0.25, 0.3) is 0 Å². The largest absolute Gasteiger partial charge is 0.439 e. The number of aliphatic hydroxyl groups excluding tert-OH is 3. The second kappa shape index (κ2) is 8.37. The SMILES string of the molecule is O=C(CC(O)(CC(=O)OCO)C(=O)OCO)OCO. The molecule has 0 aliphatic carbocycles. The fourth-order valence-corrected chi connectivity index (χ4v) is 1.12. The van der Waals surface area contributed by atoms with E-state index >= 15 is 0 Å². The van der Waals surface area contributed by atoms with Crippen molar-refractivity contribution in [2.45, 2.75) is 18.4 Å². The Balaban J connectivity index is 4.85. The van der Waals surface area contributed by atoms with Crippen molar-refractivity contribution in [3.8, 4) is 0 Å². The maximum atomic E-state index is 11.4. The van der Waals surface area contributed by atoms with Gasteiger partial charge < -0.3 is 34.6 Å². The molecule has 0 saturated carbocycles. The lowest BCUT2D eigenvalue weighted by molar-refractivity contribution is -0.186. The van der Waals surface area contributed by atoms with Gasteiger partial charge in [-0.1, -0.05) is 0 Å². The van der Waals surface area contributed by atoms with Crippen molar-refractivity contribution < 1.29 is 49.0 Å². The number of carbonyl (C=O) groups is 3. The Bertz CT molecular complexity index is 305. The summed E-state index contributed by atoms with van der Waals surface area (Å²) in [5.41, 5.74) is -2.64. The summed E-state index contributed by atoms with van der Waals surface area (Å²) in [5.74, 6) is -3.83. The molecule has 0 aromatic heterocycles. The van der Waals surface area contributed by atoms with Gasteiger partial charge in [0.15, 0.2) is 26.0 Å². The van der Waals surface area contributed by atoms with E-state index in [4.69, 9.17) is 15.3 Å². The highest BCUT2D eigenvalue weighted by Crippen LogP contribution is 2.19. The molecule has 0 aromatic carbocycles. The summed E-state index contributed by atoms with van der Waals surface area (Å²) in [4.78, 5) is 33.6. The Morgan fingerprint density at radius 3 is 1.47 bits per heavy atom. The lowest BCUT2D eigenvalue weighted by Crippen LogP contribution is -2.45. The zero-order chi connectivity index (χ0) is 14.9. The zero-order valence-corrected chi connectivity index (χ0v) is 9.77. The second-order valence-corrected chi connectivity index (χ2v) is 3.24. The van der Waals surface area contributed by atoms with Crippen LogP contribution in [0.5, 0.6) is 0 Å². The number of carbonyl (C=O) groups excluding carboxylic acids is 3. The van der Waals surface area contributed by atoms with E-state index in [-0.39, 0.29) is 0 Å². The van der Waals surface area contributed by atoms with Crippen molar-refractivity contribution in [2.75, 3.05) is 20.4 Å². The molecule has 0 atom stereocenters. The van der Waals surface area contributed by atoms with Crippen LogP contribution in [0, 0.1) is 0 Å². The third-order valence-corrected chi connectivity index (χ3v) is 1.90. The Hall–Kier alpha value is -1.75. The average Bonchev–Trinajstić information content (AvgIpc) is 2.29. The normalized spacial score (nSPS) is 10.7. The molecule has 0 radical (unpaired) electrons. The molecule has 0 unspecified atom stereocenters. The molecule has 0 aliphatic heterocycles. The minimum atomic E-state index is -2.64. The highest BCUT2D eigenvalue weighted by molar-refractivity contribution is 5.90. The molecule has 0 amide bonds. The van der Waals surface area contributed by atoms with Crippen LogP contribution >= 0.6 is 0 Å². The van der Waals surface area contributed by atoms with Crippen molar-refractivity contribution in [2.24, 2.45) is 0 Å². The highest BCUT2D eigenvalue weighted by atomic mass is 16.6. The second-order valence-electron chi connectivity index (χ2n) is 3.24. The van der Waals surface area contributed by atoms with Crippen LogP contribution in [0.3, 0.4) is 0 Å². The number of ether oxygens (including phenoxy) is 3. The highest BCUT2D eigenvalue weighted by Gasteiger charge is 2.43. The fourth-order valence-electron chi connectivity index (χ4n) is 1.12. The summed E-state index contributed by atoms with van der Waals surface area (Å²) < 4.78 is 12.3. The molecular formula is C9H14O10. The summed E-state index contributed by atoms with van der Waals surface area (Å²) in [5, 5.41) is 34.9. The average molecular weight is 282 g/mol. The molecule has 0 aromatic rings. The van der Waals surface area contributed by atoms with Gasteiger partial charge in [0.05, 0.1) is 12.8 Å². The van der Waals surface area contributed by atoms with Gasteiger partial charge in [-0.15, -0.1) is 0 Å². The minimum absolute atomic E-state index is 0.981. The lowest BCUT2D eigenvalue weighted by atomic mass is 9.96. The van der Waals surface area contributed by atoms with E-state index in [0.29, 0.717) is 0 Å². The van der Waals surface area contributed by atoms with E-state index in [1.807, 2.05) is 0 Å². The van der Waals surface area contributed by atoms with E-state index in [1.165, 1.54) is 0 Å². The fraction of sp³-hybridized carbons (Fsp3) is 0.667. The third-order valence-electron chi connectivity index (χ3n) is 1.90. The molecule has 10 nitrogen and oxygen atoms in total. The molecule has 0 saturated heterocycles. The number of esters is 3. The van der Waals surface area contributed by atoms with Crippen molar-refractivity contribution in [3.63, 3.8) is 0 Å². The van der Waals surface area contributed by atoms with Crippen LogP contribution in [0.15, 0.2) is 0 Å². The van der Waals surface area contributed by atoms with Gasteiger partial charge >= 0.3 is 17.9 Å². The molecule has 0 fully saturated rings. The molecule has 0 bridgehead atoms. The molecule has 0 rings (SSSR count). The van der Waals surface area contributed by atoms with Gasteiger partial charge in [0, 0.05) is 0 Å². The number of rotatable bonds is 8. The standard InChI is InChI=1S/C9H14O10/c10-3-17-6(13)1-9(16,8(15)19-5-12)2-7(14)18-4-11/h10-12,16H,1-5H2. The van der Waals surface area contributed by atoms with Crippen molar-refractivity contribution in [3.05, 3.63) is 0 Å². The summed E-state index contributed by atoms with van der Waals surface area (Å²) in [6.07, 6.45) is -2.01. The Kier molecular flexibility index (Phi) is 7.60. The maximum absolute atomic E-state index is 11.4. The monoisotopic (exact) mass is 282 g/mol. The Morgan fingerprint density at radius 1 is 0.789 bits per heavy atom. The van der Waals surface area contributed by atoms with Gasteiger partial charge in [-0.25, -0.2) is 4.79 Å². The summed E-state index contributed by atoms with van der Waals surface area (Å²) in [6.45, 7) is -3.04. The first-order valence-electron chi connectivity index (χ1n) is 4.93. The number of hydrogen-bond donors (Lipinski definition) is 4. The Labute approximate surface area is 107 Å². The quantitative estimate of drug-likeness (QED) is 0.205. The van der Waals surface area contributed by atoms with E-state index < -0.39 is 56.7 Å². The van der Waals surface area contributed by atoms with Crippen LogP contribution < -0.4 is 0 Å². The van der Waals surface area contributed by atoms with Gasteiger partial charge in [0.1, 0.15) is 0 Å². The predicted molar refractivity (Wildman–Crippen MR) is 53.7 cm³/mol. The molecule has 0 aliphatic rings. The minimum Gasteiger partial charge on any atom is -0.439 e. The molecule has 110 valence electrons. The van der Waals surface area contributed by atoms with Crippen LogP contribution in [0.4, 0.5) is 0 Å². The first-order chi connectivity index (χ1) is 8.89.